The second-order valence-electron chi connectivity index (χ2n) is 7.20. The second-order valence-corrected chi connectivity index (χ2v) is 7.20. The van der Waals surface area contributed by atoms with Crippen molar-refractivity contribution < 1.29 is 0 Å². The maximum Gasteiger partial charge on any atom is 0.191 e. The molecule has 1 heterocycles. The highest BCUT2D eigenvalue weighted by Gasteiger charge is 2.29. The number of nitrogens with one attached hydrogen (secondary N) is 2. The van der Waals surface area contributed by atoms with E-state index < -0.39 is 0 Å². The maximum absolute atomic E-state index is 4.41. The molecule has 0 radical (unpaired) electrons. The lowest BCUT2D eigenvalue weighted by Gasteiger charge is -2.33. The third-order valence-corrected chi connectivity index (χ3v) is 5.19. The van der Waals surface area contributed by atoms with Crippen LogP contribution >= 0.6 is 0 Å². The average molecular weight is 294 g/mol. The smallest absolute Gasteiger partial charge is 0.191 e. The van der Waals surface area contributed by atoms with Gasteiger partial charge in [0, 0.05) is 32.7 Å². The zero-order valence-electron chi connectivity index (χ0n) is 14.2. The molecule has 2 aliphatic rings. The topological polar surface area (TPSA) is 39.7 Å². The summed E-state index contributed by atoms with van der Waals surface area (Å²) < 4.78 is 0. The van der Waals surface area contributed by atoms with E-state index in [9.17, 15) is 0 Å². The van der Waals surface area contributed by atoms with Gasteiger partial charge >= 0.3 is 0 Å². The van der Waals surface area contributed by atoms with E-state index in [4.69, 9.17) is 0 Å². The Bertz CT molecular complexity index is 326. The van der Waals surface area contributed by atoms with Crippen molar-refractivity contribution in [2.45, 2.75) is 64.8 Å². The molecule has 0 aromatic carbocycles. The summed E-state index contributed by atoms with van der Waals surface area (Å²) >= 11 is 0. The fourth-order valence-corrected chi connectivity index (χ4v) is 3.71. The molecule has 1 saturated heterocycles. The van der Waals surface area contributed by atoms with Crippen molar-refractivity contribution in [3.05, 3.63) is 0 Å². The van der Waals surface area contributed by atoms with Gasteiger partial charge in [0.15, 0.2) is 5.96 Å². The normalized spacial score (nSPS) is 24.2. The Labute approximate surface area is 130 Å². The molecule has 1 aliphatic heterocycles. The Morgan fingerprint density at radius 2 is 1.90 bits per heavy atom. The largest absolute Gasteiger partial charge is 0.356 e. The van der Waals surface area contributed by atoms with Gasteiger partial charge in [-0.3, -0.25) is 4.99 Å². The minimum Gasteiger partial charge on any atom is -0.356 e. The third-order valence-electron chi connectivity index (χ3n) is 5.19. The van der Waals surface area contributed by atoms with Crippen LogP contribution in [-0.4, -0.2) is 50.1 Å². The summed E-state index contributed by atoms with van der Waals surface area (Å²) in [6.07, 6.45) is 9.22. The molecule has 0 amide bonds. The lowest BCUT2D eigenvalue weighted by molar-refractivity contribution is 0.206. The van der Waals surface area contributed by atoms with E-state index in [0.717, 1.165) is 12.5 Å². The van der Waals surface area contributed by atoms with Gasteiger partial charge in [0.2, 0.25) is 0 Å². The molecule has 4 heteroatoms. The van der Waals surface area contributed by atoms with Crippen LogP contribution in [0.15, 0.2) is 4.99 Å². The Morgan fingerprint density at radius 1 is 1.24 bits per heavy atom. The number of hydrogen-bond acceptors (Lipinski definition) is 2. The zero-order chi connectivity index (χ0) is 15.1. The minimum absolute atomic E-state index is 0.474. The Kier molecular flexibility index (Phi) is 6.34. The van der Waals surface area contributed by atoms with Crippen LogP contribution in [0.3, 0.4) is 0 Å². The molecule has 0 spiro atoms. The number of nitrogens with zero attached hydrogens (tertiary/aromatic N) is 2. The van der Waals surface area contributed by atoms with E-state index in [1.54, 1.807) is 0 Å². The minimum atomic E-state index is 0.474. The molecule has 4 nitrogen and oxygen atoms in total. The van der Waals surface area contributed by atoms with Crippen LogP contribution in [-0.2, 0) is 0 Å². The molecule has 122 valence electrons. The molecule has 2 N–H and O–H groups in total. The van der Waals surface area contributed by atoms with E-state index in [0.29, 0.717) is 11.5 Å². The SMILES string of the molecule is CCCN1CCC(NC(=NC)NCC2(C)CCCC2)CC1. The highest BCUT2D eigenvalue weighted by atomic mass is 15.2. The Morgan fingerprint density at radius 3 is 2.48 bits per heavy atom. The zero-order valence-corrected chi connectivity index (χ0v) is 14.2. The van der Waals surface area contributed by atoms with Crippen molar-refractivity contribution in [2.75, 3.05) is 33.2 Å². The first-order valence-electron chi connectivity index (χ1n) is 8.85. The number of aliphatic imine (C=N–C) groups is 1. The maximum atomic E-state index is 4.41. The molecule has 1 aliphatic carbocycles. The van der Waals surface area contributed by atoms with Crippen LogP contribution in [0.5, 0.6) is 0 Å². The van der Waals surface area contributed by atoms with E-state index in [-0.39, 0.29) is 0 Å². The van der Waals surface area contributed by atoms with Gasteiger partial charge < -0.3 is 15.5 Å². The van der Waals surface area contributed by atoms with E-state index >= 15 is 0 Å². The molecular weight excluding hydrogens is 260 g/mol. The molecule has 21 heavy (non-hydrogen) atoms. The molecule has 0 aromatic rings. The third kappa shape index (κ3) is 5.17. The predicted octanol–water partition coefficient (Wildman–Crippen LogP) is 2.61. The number of hydrogen-bond donors (Lipinski definition) is 2. The molecule has 0 bridgehead atoms. The quantitative estimate of drug-likeness (QED) is 0.605. The molecule has 0 atom stereocenters. The van der Waals surface area contributed by atoms with Gasteiger partial charge in [-0.2, -0.15) is 0 Å². The summed E-state index contributed by atoms with van der Waals surface area (Å²) in [5, 5.41) is 7.18. The number of likely N-dealkylation sites (tertiary alicyclic amines) is 1. The number of piperidine rings is 1. The second kappa shape index (κ2) is 8.02. The van der Waals surface area contributed by atoms with Gasteiger partial charge in [-0.25, -0.2) is 0 Å². The van der Waals surface area contributed by atoms with Crippen molar-refractivity contribution in [3.63, 3.8) is 0 Å². The summed E-state index contributed by atoms with van der Waals surface area (Å²) in [7, 11) is 1.89. The highest BCUT2D eigenvalue weighted by molar-refractivity contribution is 5.80. The lowest BCUT2D eigenvalue weighted by Crippen LogP contribution is -2.50. The first-order valence-corrected chi connectivity index (χ1v) is 8.85. The summed E-state index contributed by atoms with van der Waals surface area (Å²) in [6.45, 7) is 9.42. The number of rotatable bonds is 5. The fourth-order valence-electron chi connectivity index (χ4n) is 3.71. The van der Waals surface area contributed by atoms with Crippen molar-refractivity contribution in [1.82, 2.24) is 15.5 Å². The van der Waals surface area contributed by atoms with Gasteiger partial charge in [0.25, 0.3) is 0 Å². The van der Waals surface area contributed by atoms with Crippen LogP contribution in [0.1, 0.15) is 58.8 Å². The van der Waals surface area contributed by atoms with Crippen molar-refractivity contribution in [2.24, 2.45) is 10.4 Å². The van der Waals surface area contributed by atoms with Gasteiger partial charge in [-0.05, 0) is 44.1 Å². The van der Waals surface area contributed by atoms with Gasteiger partial charge in [0.05, 0.1) is 0 Å². The fraction of sp³-hybridized carbons (Fsp3) is 0.941. The van der Waals surface area contributed by atoms with Crippen LogP contribution < -0.4 is 10.6 Å². The van der Waals surface area contributed by atoms with Crippen LogP contribution in [0, 0.1) is 5.41 Å². The van der Waals surface area contributed by atoms with Gasteiger partial charge in [0.1, 0.15) is 0 Å². The first-order chi connectivity index (χ1) is 10.1. The molecule has 0 unspecified atom stereocenters. The summed E-state index contributed by atoms with van der Waals surface area (Å²) in [6, 6.07) is 0.584. The molecule has 2 rings (SSSR count). The first kappa shape index (κ1) is 16.6. The van der Waals surface area contributed by atoms with Gasteiger partial charge in [-0.15, -0.1) is 0 Å². The monoisotopic (exact) mass is 294 g/mol. The molecule has 2 fully saturated rings. The predicted molar refractivity (Wildman–Crippen MR) is 90.8 cm³/mol. The summed E-state index contributed by atoms with van der Waals surface area (Å²) in [5.74, 6) is 0.997. The summed E-state index contributed by atoms with van der Waals surface area (Å²) in [5.41, 5.74) is 0.474. The van der Waals surface area contributed by atoms with Crippen LogP contribution in [0.4, 0.5) is 0 Å². The molecular formula is C17H34N4. The lowest BCUT2D eigenvalue weighted by atomic mass is 9.89. The standard InChI is InChI=1S/C17H34N4/c1-4-11-21-12-7-15(8-13-21)20-16(18-3)19-14-17(2)9-5-6-10-17/h15H,4-14H2,1-3H3,(H2,18,19,20). The Balaban J connectivity index is 1.70. The van der Waals surface area contributed by atoms with E-state index in [1.165, 1.54) is 64.6 Å². The average Bonchev–Trinajstić information content (AvgIpc) is 2.93. The van der Waals surface area contributed by atoms with Crippen molar-refractivity contribution in [3.8, 4) is 0 Å². The van der Waals surface area contributed by atoms with Crippen molar-refractivity contribution in [1.29, 1.82) is 0 Å². The summed E-state index contributed by atoms with van der Waals surface area (Å²) in [4.78, 5) is 6.99. The molecule has 0 aromatic heterocycles. The highest BCUT2D eigenvalue weighted by Crippen LogP contribution is 2.36. The Hall–Kier alpha value is -0.770. The van der Waals surface area contributed by atoms with Crippen LogP contribution in [0.2, 0.25) is 0 Å². The van der Waals surface area contributed by atoms with E-state index in [2.05, 4.69) is 34.4 Å². The van der Waals surface area contributed by atoms with Crippen LogP contribution in [0.25, 0.3) is 0 Å². The van der Waals surface area contributed by atoms with Gasteiger partial charge in [-0.1, -0.05) is 26.7 Å². The van der Waals surface area contributed by atoms with E-state index in [1.807, 2.05) is 7.05 Å². The number of guanidine groups is 1. The molecule has 1 saturated carbocycles. The van der Waals surface area contributed by atoms with Crippen molar-refractivity contribution >= 4 is 5.96 Å².